The van der Waals surface area contributed by atoms with E-state index in [4.69, 9.17) is 9.84 Å². The summed E-state index contributed by atoms with van der Waals surface area (Å²) in [5, 5.41) is 13.3. The molecule has 3 aromatic heterocycles. The molecule has 1 saturated heterocycles. The van der Waals surface area contributed by atoms with Crippen molar-refractivity contribution in [1.82, 2.24) is 29.7 Å². The molecule has 3 aromatic rings. The molecule has 152 valence electrons. The summed E-state index contributed by atoms with van der Waals surface area (Å²) in [6, 6.07) is 7.63. The topological polar surface area (TPSA) is 88.8 Å². The first kappa shape index (κ1) is 19.1. The number of hydrogen-bond acceptors (Lipinski definition) is 7. The number of amides is 1. The van der Waals surface area contributed by atoms with Gasteiger partial charge in [-0.05, 0) is 51.5 Å². The second kappa shape index (κ2) is 7.65. The van der Waals surface area contributed by atoms with Crippen LogP contribution in [0.15, 0.2) is 36.7 Å². The van der Waals surface area contributed by atoms with Crippen molar-refractivity contribution in [2.45, 2.75) is 32.8 Å². The fraction of sp³-hybridized carbons (Fsp3) is 0.450. The van der Waals surface area contributed by atoms with Gasteiger partial charge in [0.05, 0.1) is 0 Å². The van der Waals surface area contributed by atoms with Gasteiger partial charge in [0.1, 0.15) is 11.4 Å². The lowest BCUT2D eigenvalue weighted by molar-refractivity contribution is 0.0263. The van der Waals surface area contributed by atoms with Gasteiger partial charge in [-0.1, -0.05) is 0 Å². The van der Waals surface area contributed by atoms with Crippen LogP contribution in [0.4, 0.5) is 10.6 Å². The number of rotatable bonds is 2. The highest BCUT2D eigenvalue weighted by molar-refractivity contribution is 5.68. The summed E-state index contributed by atoms with van der Waals surface area (Å²) < 4.78 is 7.26. The van der Waals surface area contributed by atoms with E-state index in [1.165, 1.54) is 0 Å². The van der Waals surface area contributed by atoms with E-state index in [0.29, 0.717) is 31.1 Å². The predicted molar refractivity (Wildman–Crippen MR) is 109 cm³/mol. The van der Waals surface area contributed by atoms with Crippen LogP contribution in [0.1, 0.15) is 27.2 Å². The van der Waals surface area contributed by atoms with Gasteiger partial charge in [-0.3, -0.25) is 4.98 Å². The molecule has 0 saturated carbocycles. The zero-order valence-electron chi connectivity index (χ0n) is 16.9. The van der Waals surface area contributed by atoms with Crippen LogP contribution in [0.5, 0.6) is 0 Å². The van der Waals surface area contributed by atoms with Crippen molar-refractivity contribution in [2.75, 3.05) is 31.1 Å². The molecule has 0 bridgehead atoms. The first-order valence-electron chi connectivity index (χ1n) is 9.76. The first-order valence-corrected chi connectivity index (χ1v) is 9.76. The van der Waals surface area contributed by atoms with E-state index in [1.54, 1.807) is 21.8 Å². The maximum absolute atomic E-state index is 12.4. The highest BCUT2D eigenvalue weighted by atomic mass is 16.6. The Balaban J connectivity index is 1.53. The summed E-state index contributed by atoms with van der Waals surface area (Å²) in [6.45, 7) is 8.40. The van der Waals surface area contributed by atoms with Crippen LogP contribution >= 0.6 is 0 Å². The van der Waals surface area contributed by atoms with Gasteiger partial charge < -0.3 is 14.5 Å². The minimum atomic E-state index is -0.493. The second-order valence-corrected chi connectivity index (χ2v) is 8.03. The molecule has 1 amide bonds. The number of nitrogens with zero attached hydrogens (tertiary/aromatic N) is 7. The number of carbonyl (C=O) groups is 1. The van der Waals surface area contributed by atoms with E-state index >= 15 is 0 Å². The number of anilines is 1. The van der Waals surface area contributed by atoms with Crippen LogP contribution in [0.3, 0.4) is 0 Å². The van der Waals surface area contributed by atoms with Gasteiger partial charge in [0.2, 0.25) is 0 Å². The van der Waals surface area contributed by atoms with E-state index < -0.39 is 5.60 Å². The third kappa shape index (κ3) is 4.28. The van der Waals surface area contributed by atoms with Crippen LogP contribution in [0.2, 0.25) is 0 Å². The number of carbonyl (C=O) groups excluding carboxylic acids is 1. The molecule has 9 heteroatoms. The van der Waals surface area contributed by atoms with Crippen molar-refractivity contribution in [3.05, 3.63) is 36.7 Å². The number of hydrogen-bond donors (Lipinski definition) is 0. The molecule has 9 nitrogen and oxygen atoms in total. The average molecular weight is 395 g/mol. The van der Waals surface area contributed by atoms with Gasteiger partial charge in [-0.25, -0.2) is 4.79 Å². The zero-order chi connectivity index (χ0) is 20.4. The summed E-state index contributed by atoms with van der Waals surface area (Å²) in [4.78, 5) is 20.4. The molecule has 1 aliphatic rings. The van der Waals surface area contributed by atoms with Crippen molar-refractivity contribution in [3.8, 4) is 11.4 Å². The Morgan fingerprint density at radius 3 is 2.55 bits per heavy atom. The van der Waals surface area contributed by atoms with Crippen LogP contribution in [0, 0.1) is 0 Å². The number of ether oxygens (including phenoxy) is 1. The molecule has 4 heterocycles. The third-order valence-corrected chi connectivity index (χ3v) is 4.66. The van der Waals surface area contributed by atoms with Gasteiger partial charge in [0.15, 0.2) is 11.5 Å². The first-order chi connectivity index (χ1) is 13.9. The van der Waals surface area contributed by atoms with Crippen molar-refractivity contribution >= 4 is 17.6 Å². The largest absolute Gasteiger partial charge is 0.444 e. The monoisotopic (exact) mass is 395 g/mol. The summed E-state index contributed by atoms with van der Waals surface area (Å²) in [5.41, 5.74) is 1.10. The van der Waals surface area contributed by atoms with E-state index in [2.05, 4.69) is 20.1 Å². The molecule has 1 aliphatic heterocycles. The fourth-order valence-corrected chi connectivity index (χ4v) is 3.28. The normalized spacial score (nSPS) is 15.4. The third-order valence-electron chi connectivity index (χ3n) is 4.66. The fourth-order valence-electron chi connectivity index (χ4n) is 3.28. The second-order valence-electron chi connectivity index (χ2n) is 8.03. The molecule has 0 aliphatic carbocycles. The molecular weight excluding hydrogens is 370 g/mol. The highest BCUT2D eigenvalue weighted by Crippen LogP contribution is 2.20. The van der Waals surface area contributed by atoms with E-state index in [0.717, 1.165) is 24.3 Å². The molecule has 1 fully saturated rings. The molecule has 0 spiro atoms. The van der Waals surface area contributed by atoms with Crippen LogP contribution in [-0.2, 0) is 4.74 Å². The summed E-state index contributed by atoms with van der Waals surface area (Å²) in [7, 11) is 0. The molecular formula is C20H25N7O2. The quantitative estimate of drug-likeness (QED) is 0.659. The molecule has 0 atom stereocenters. The smallest absolute Gasteiger partial charge is 0.410 e. The Morgan fingerprint density at radius 2 is 1.79 bits per heavy atom. The minimum absolute atomic E-state index is 0.262. The summed E-state index contributed by atoms with van der Waals surface area (Å²) >= 11 is 0. The average Bonchev–Trinajstić information content (AvgIpc) is 2.95. The number of pyridine rings is 1. The van der Waals surface area contributed by atoms with Crippen molar-refractivity contribution in [1.29, 1.82) is 0 Å². The van der Waals surface area contributed by atoms with Crippen molar-refractivity contribution in [3.63, 3.8) is 0 Å². The molecule has 0 unspecified atom stereocenters. The Bertz CT molecular complexity index is 997. The minimum Gasteiger partial charge on any atom is -0.444 e. The molecule has 29 heavy (non-hydrogen) atoms. The maximum atomic E-state index is 12.4. The predicted octanol–water partition coefficient (Wildman–Crippen LogP) is 2.63. The lowest BCUT2D eigenvalue weighted by Gasteiger charge is -2.26. The van der Waals surface area contributed by atoms with Gasteiger partial charge >= 0.3 is 6.09 Å². The molecule has 0 aromatic carbocycles. The van der Waals surface area contributed by atoms with Crippen molar-refractivity contribution < 1.29 is 9.53 Å². The van der Waals surface area contributed by atoms with E-state index in [1.807, 2.05) is 45.0 Å². The Hall–Kier alpha value is -3.23. The SMILES string of the molecule is CC(C)(C)OC(=O)N1CCCN(c2ccc3nnc(-c4ccncc4)n3n2)CC1. The molecule has 0 N–H and O–H groups in total. The summed E-state index contributed by atoms with van der Waals surface area (Å²) in [6.07, 6.45) is 4.03. The Morgan fingerprint density at radius 1 is 1.00 bits per heavy atom. The van der Waals surface area contributed by atoms with Crippen molar-refractivity contribution in [2.24, 2.45) is 0 Å². The number of fused-ring (bicyclic) bond motifs is 1. The van der Waals surface area contributed by atoms with Gasteiger partial charge in [-0.15, -0.1) is 15.3 Å². The van der Waals surface area contributed by atoms with Crippen LogP contribution in [0.25, 0.3) is 17.0 Å². The van der Waals surface area contributed by atoms with E-state index in [9.17, 15) is 4.79 Å². The molecule has 4 rings (SSSR count). The van der Waals surface area contributed by atoms with Crippen LogP contribution in [-0.4, -0.2) is 67.6 Å². The van der Waals surface area contributed by atoms with Crippen LogP contribution < -0.4 is 4.90 Å². The standard InChI is InChI=1S/C20H25N7O2/c1-20(2,3)29-19(28)26-12-4-11-25(13-14-26)17-6-5-16-22-23-18(27(16)24-17)15-7-9-21-10-8-15/h5-10H,4,11-14H2,1-3H3. The number of aromatic nitrogens is 5. The van der Waals surface area contributed by atoms with E-state index in [-0.39, 0.29) is 6.09 Å². The lowest BCUT2D eigenvalue weighted by Crippen LogP contribution is -2.39. The molecule has 0 radical (unpaired) electrons. The summed E-state index contributed by atoms with van der Waals surface area (Å²) in [5.74, 6) is 1.51. The van der Waals surface area contributed by atoms with Gasteiger partial charge in [0, 0.05) is 44.1 Å². The van der Waals surface area contributed by atoms with Gasteiger partial charge in [-0.2, -0.15) is 4.52 Å². The Kier molecular flexibility index (Phi) is 5.04. The van der Waals surface area contributed by atoms with Gasteiger partial charge in [0.25, 0.3) is 0 Å². The Labute approximate surface area is 169 Å². The lowest BCUT2D eigenvalue weighted by atomic mass is 10.2. The zero-order valence-corrected chi connectivity index (χ0v) is 16.9. The highest BCUT2D eigenvalue weighted by Gasteiger charge is 2.25. The maximum Gasteiger partial charge on any atom is 0.410 e.